The molecule has 2 N–H and O–H groups in total. The van der Waals surface area contributed by atoms with E-state index in [2.05, 4.69) is 29.5 Å². The molecule has 1 aromatic carbocycles. The van der Waals surface area contributed by atoms with Gasteiger partial charge in [0.25, 0.3) is 0 Å². The van der Waals surface area contributed by atoms with Gasteiger partial charge in [-0.05, 0) is 31.9 Å². The molecule has 0 saturated carbocycles. The van der Waals surface area contributed by atoms with E-state index in [4.69, 9.17) is 14.2 Å². The molecule has 0 heterocycles. The normalized spacial score (nSPS) is 10.8. The third-order valence-corrected chi connectivity index (χ3v) is 3.65. The zero-order chi connectivity index (χ0) is 18.3. The van der Waals surface area contributed by atoms with E-state index in [9.17, 15) is 0 Å². The highest BCUT2D eigenvalue weighted by molar-refractivity contribution is 14.0. The van der Waals surface area contributed by atoms with Crippen molar-refractivity contribution >= 4 is 29.9 Å². The number of benzene rings is 1. The zero-order valence-corrected chi connectivity index (χ0v) is 18.8. The summed E-state index contributed by atoms with van der Waals surface area (Å²) in [7, 11) is 3.30. The van der Waals surface area contributed by atoms with E-state index in [1.54, 1.807) is 14.2 Å². The second-order valence-electron chi connectivity index (χ2n) is 5.62. The number of methoxy groups -OCH3 is 2. The number of halogens is 1. The van der Waals surface area contributed by atoms with Gasteiger partial charge in [0.2, 0.25) is 0 Å². The smallest absolute Gasteiger partial charge is 0.191 e. The van der Waals surface area contributed by atoms with Crippen LogP contribution in [-0.4, -0.2) is 46.5 Å². The van der Waals surface area contributed by atoms with Crippen molar-refractivity contribution in [3.8, 4) is 11.5 Å². The van der Waals surface area contributed by atoms with Gasteiger partial charge in [-0.2, -0.15) is 0 Å². The second kappa shape index (κ2) is 16.0. The molecule has 0 aliphatic carbocycles. The molecule has 7 heteroatoms. The molecule has 26 heavy (non-hydrogen) atoms. The summed E-state index contributed by atoms with van der Waals surface area (Å²) >= 11 is 0. The first-order valence-electron chi connectivity index (χ1n) is 9.05. The number of ether oxygens (including phenoxy) is 3. The summed E-state index contributed by atoms with van der Waals surface area (Å²) in [5, 5.41) is 6.59. The first kappa shape index (κ1) is 24.8. The quantitative estimate of drug-likeness (QED) is 0.208. The fraction of sp³-hybridized carbons (Fsp3) is 0.632. The molecule has 0 saturated heterocycles. The Morgan fingerprint density at radius 2 is 1.81 bits per heavy atom. The third-order valence-electron chi connectivity index (χ3n) is 3.65. The van der Waals surface area contributed by atoms with Crippen LogP contribution in [0, 0.1) is 0 Å². The Balaban J connectivity index is 0.00000625. The number of guanidine groups is 1. The van der Waals surface area contributed by atoms with Crippen molar-refractivity contribution in [3.63, 3.8) is 0 Å². The molecule has 1 rings (SSSR count). The van der Waals surface area contributed by atoms with Crippen LogP contribution < -0.4 is 20.1 Å². The largest absolute Gasteiger partial charge is 0.497 e. The van der Waals surface area contributed by atoms with Gasteiger partial charge in [-0.3, -0.25) is 0 Å². The molecule has 0 radical (unpaired) electrons. The van der Waals surface area contributed by atoms with E-state index in [1.807, 2.05) is 18.2 Å². The lowest BCUT2D eigenvalue weighted by molar-refractivity contribution is 0.129. The molecular formula is C19H34IN3O3. The van der Waals surface area contributed by atoms with Crippen LogP contribution in [-0.2, 0) is 11.3 Å². The van der Waals surface area contributed by atoms with Gasteiger partial charge in [-0.25, -0.2) is 4.99 Å². The molecule has 0 bridgehead atoms. The van der Waals surface area contributed by atoms with Gasteiger partial charge < -0.3 is 24.8 Å². The monoisotopic (exact) mass is 479 g/mol. The van der Waals surface area contributed by atoms with Gasteiger partial charge in [-0.15, -0.1) is 24.0 Å². The van der Waals surface area contributed by atoms with Crippen molar-refractivity contribution in [2.75, 3.05) is 40.5 Å². The third kappa shape index (κ3) is 10.1. The average Bonchev–Trinajstić information content (AvgIpc) is 2.65. The number of rotatable bonds is 12. The Labute approximate surface area is 175 Å². The van der Waals surface area contributed by atoms with Crippen LogP contribution >= 0.6 is 24.0 Å². The van der Waals surface area contributed by atoms with Gasteiger partial charge in [-0.1, -0.05) is 13.3 Å². The minimum atomic E-state index is 0. The van der Waals surface area contributed by atoms with E-state index >= 15 is 0 Å². The van der Waals surface area contributed by atoms with Gasteiger partial charge in [0.1, 0.15) is 11.5 Å². The highest BCUT2D eigenvalue weighted by Gasteiger charge is 2.05. The number of hydrogen-bond donors (Lipinski definition) is 2. The lowest BCUT2D eigenvalue weighted by Gasteiger charge is -2.13. The summed E-state index contributed by atoms with van der Waals surface area (Å²) in [6.45, 7) is 8.04. The Bertz CT molecular complexity index is 513. The van der Waals surface area contributed by atoms with Gasteiger partial charge in [0.15, 0.2) is 5.96 Å². The zero-order valence-electron chi connectivity index (χ0n) is 16.5. The van der Waals surface area contributed by atoms with Crippen LogP contribution in [0.5, 0.6) is 11.5 Å². The molecule has 0 fully saturated rings. The summed E-state index contributed by atoms with van der Waals surface area (Å²) in [4.78, 5) is 4.63. The second-order valence-corrected chi connectivity index (χ2v) is 5.62. The molecule has 0 aliphatic heterocycles. The van der Waals surface area contributed by atoms with E-state index in [0.29, 0.717) is 6.54 Å². The van der Waals surface area contributed by atoms with Crippen LogP contribution in [0.3, 0.4) is 0 Å². The summed E-state index contributed by atoms with van der Waals surface area (Å²) in [6, 6.07) is 5.77. The van der Waals surface area contributed by atoms with Crippen molar-refractivity contribution in [1.82, 2.24) is 10.6 Å². The Morgan fingerprint density at radius 1 is 1.04 bits per heavy atom. The van der Waals surface area contributed by atoms with Gasteiger partial charge in [0, 0.05) is 37.9 Å². The topological polar surface area (TPSA) is 64.1 Å². The first-order valence-corrected chi connectivity index (χ1v) is 9.05. The van der Waals surface area contributed by atoms with Crippen molar-refractivity contribution in [2.24, 2.45) is 4.99 Å². The van der Waals surface area contributed by atoms with Crippen LogP contribution in [0.15, 0.2) is 23.2 Å². The fourth-order valence-corrected chi connectivity index (χ4v) is 2.22. The van der Waals surface area contributed by atoms with Gasteiger partial charge >= 0.3 is 0 Å². The van der Waals surface area contributed by atoms with Crippen molar-refractivity contribution in [3.05, 3.63) is 23.8 Å². The molecule has 150 valence electrons. The maximum atomic E-state index is 5.57. The Morgan fingerprint density at radius 3 is 2.46 bits per heavy atom. The van der Waals surface area contributed by atoms with Crippen LogP contribution in [0.4, 0.5) is 0 Å². The number of unbranched alkanes of at least 4 members (excludes halogenated alkanes) is 1. The molecular weight excluding hydrogens is 445 g/mol. The highest BCUT2D eigenvalue weighted by Crippen LogP contribution is 2.25. The molecule has 6 nitrogen and oxygen atoms in total. The van der Waals surface area contributed by atoms with Crippen LogP contribution in [0.2, 0.25) is 0 Å². The minimum absolute atomic E-state index is 0. The first-order chi connectivity index (χ1) is 12.2. The number of nitrogens with one attached hydrogen (secondary N) is 2. The molecule has 0 aromatic heterocycles. The van der Waals surface area contributed by atoms with Crippen molar-refractivity contribution in [2.45, 2.75) is 39.7 Å². The number of aliphatic imine (C=N–C) groups is 1. The molecule has 0 aliphatic rings. The Hall–Kier alpha value is -1.22. The lowest BCUT2D eigenvalue weighted by Crippen LogP contribution is -2.38. The molecule has 1 aromatic rings. The van der Waals surface area contributed by atoms with E-state index in [1.165, 1.54) is 6.42 Å². The SMILES string of the molecule is CCCCOCCCNC(=NCc1ccc(OC)cc1OC)NCC.I. The van der Waals surface area contributed by atoms with Crippen molar-refractivity contribution < 1.29 is 14.2 Å². The number of hydrogen-bond acceptors (Lipinski definition) is 4. The maximum absolute atomic E-state index is 5.57. The Kier molecular flexibility index (Phi) is 15.2. The summed E-state index contributed by atoms with van der Waals surface area (Å²) in [6.07, 6.45) is 3.26. The predicted molar refractivity (Wildman–Crippen MR) is 118 cm³/mol. The summed E-state index contributed by atoms with van der Waals surface area (Å²) in [5.74, 6) is 2.36. The van der Waals surface area contributed by atoms with E-state index in [-0.39, 0.29) is 24.0 Å². The van der Waals surface area contributed by atoms with E-state index in [0.717, 1.165) is 62.2 Å². The van der Waals surface area contributed by atoms with Crippen molar-refractivity contribution in [1.29, 1.82) is 0 Å². The number of nitrogens with zero attached hydrogens (tertiary/aromatic N) is 1. The molecule has 0 amide bonds. The maximum Gasteiger partial charge on any atom is 0.191 e. The molecule has 0 atom stereocenters. The minimum Gasteiger partial charge on any atom is -0.497 e. The fourth-order valence-electron chi connectivity index (χ4n) is 2.22. The van der Waals surface area contributed by atoms with E-state index < -0.39 is 0 Å². The lowest BCUT2D eigenvalue weighted by atomic mass is 10.2. The highest BCUT2D eigenvalue weighted by atomic mass is 127. The summed E-state index contributed by atoms with van der Waals surface area (Å²) < 4.78 is 16.2. The summed E-state index contributed by atoms with van der Waals surface area (Å²) in [5.41, 5.74) is 1.02. The van der Waals surface area contributed by atoms with Crippen LogP contribution in [0.25, 0.3) is 0 Å². The van der Waals surface area contributed by atoms with Crippen LogP contribution in [0.1, 0.15) is 38.7 Å². The molecule has 0 unspecified atom stereocenters. The average molecular weight is 479 g/mol. The molecule has 0 spiro atoms. The predicted octanol–water partition coefficient (Wildman–Crippen LogP) is 3.58. The van der Waals surface area contributed by atoms with Gasteiger partial charge in [0.05, 0.1) is 20.8 Å². The standard InChI is InChI=1S/C19H33N3O3.HI/c1-5-7-12-25-13-8-11-21-19(20-6-2)22-15-16-9-10-17(23-3)14-18(16)24-4;/h9-10,14H,5-8,11-13,15H2,1-4H3,(H2,20,21,22);1H.